The van der Waals surface area contributed by atoms with Gasteiger partial charge in [0.1, 0.15) is 0 Å². The second-order valence-corrected chi connectivity index (χ2v) is 6.32. The SMILES string of the molecule is CC(C)(C)N(CCSc1ccccc1)CC(=O)O. The van der Waals surface area contributed by atoms with E-state index in [9.17, 15) is 4.79 Å². The number of benzene rings is 1. The van der Waals surface area contributed by atoms with E-state index in [1.54, 1.807) is 11.8 Å². The molecular weight excluding hydrogens is 246 g/mol. The van der Waals surface area contributed by atoms with Crippen LogP contribution >= 0.6 is 11.8 Å². The van der Waals surface area contributed by atoms with Crippen LogP contribution in [0.1, 0.15) is 20.8 Å². The fraction of sp³-hybridized carbons (Fsp3) is 0.500. The number of nitrogens with zero attached hydrogens (tertiary/aromatic N) is 1. The lowest BCUT2D eigenvalue weighted by atomic mass is 10.1. The molecule has 0 aliphatic rings. The molecule has 0 aliphatic carbocycles. The molecule has 0 unspecified atom stereocenters. The van der Waals surface area contributed by atoms with E-state index >= 15 is 0 Å². The van der Waals surface area contributed by atoms with Gasteiger partial charge in [-0.1, -0.05) is 18.2 Å². The van der Waals surface area contributed by atoms with E-state index in [-0.39, 0.29) is 12.1 Å². The lowest BCUT2D eigenvalue weighted by Crippen LogP contribution is -2.45. The summed E-state index contributed by atoms with van der Waals surface area (Å²) in [5.41, 5.74) is -0.115. The molecule has 1 N–H and O–H groups in total. The number of carboxylic acids is 1. The number of thioether (sulfide) groups is 1. The molecule has 100 valence electrons. The molecule has 0 saturated carbocycles. The Morgan fingerprint density at radius 3 is 2.39 bits per heavy atom. The van der Waals surface area contributed by atoms with Crippen LogP contribution in [0.5, 0.6) is 0 Å². The fourth-order valence-corrected chi connectivity index (χ4v) is 2.50. The Hall–Kier alpha value is -1.00. The Kier molecular flexibility index (Phi) is 5.69. The first-order chi connectivity index (χ1) is 8.39. The number of hydrogen-bond acceptors (Lipinski definition) is 3. The lowest BCUT2D eigenvalue weighted by Gasteiger charge is -2.34. The number of carbonyl (C=O) groups is 1. The van der Waals surface area contributed by atoms with Crippen molar-refractivity contribution in [1.82, 2.24) is 4.90 Å². The van der Waals surface area contributed by atoms with Crippen LogP contribution in [0.25, 0.3) is 0 Å². The van der Waals surface area contributed by atoms with Crippen molar-refractivity contribution in [3.8, 4) is 0 Å². The summed E-state index contributed by atoms with van der Waals surface area (Å²) in [4.78, 5) is 14.1. The van der Waals surface area contributed by atoms with Gasteiger partial charge in [0.2, 0.25) is 0 Å². The normalized spacial score (nSPS) is 11.8. The zero-order valence-corrected chi connectivity index (χ0v) is 12.0. The van der Waals surface area contributed by atoms with Gasteiger partial charge in [-0.3, -0.25) is 9.69 Å². The maximum absolute atomic E-state index is 10.8. The zero-order valence-electron chi connectivity index (χ0n) is 11.2. The minimum Gasteiger partial charge on any atom is -0.480 e. The van der Waals surface area contributed by atoms with Crippen LogP contribution in [-0.2, 0) is 4.79 Å². The summed E-state index contributed by atoms with van der Waals surface area (Å²) in [5, 5.41) is 8.92. The van der Waals surface area contributed by atoms with Crippen LogP contribution in [0.3, 0.4) is 0 Å². The highest BCUT2D eigenvalue weighted by Gasteiger charge is 2.22. The van der Waals surface area contributed by atoms with E-state index in [1.807, 2.05) is 43.9 Å². The van der Waals surface area contributed by atoms with Crippen molar-refractivity contribution in [2.75, 3.05) is 18.8 Å². The van der Waals surface area contributed by atoms with Crippen molar-refractivity contribution < 1.29 is 9.90 Å². The smallest absolute Gasteiger partial charge is 0.317 e. The first-order valence-corrected chi connectivity index (χ1v) is 7.03. The number of aliphatic carboxylic acids is 1. The van der Waals surface area contributed by atoms with Crippen molar-refractivity contribution in [1.29, 1.82) is 0 Å². The van der Waals surface area contributed by atoms with Gasteiger partial charge < -0.3 is 5.11 Å². The van der Waals surface area contributed by atoms with Crippen LogP contribution in [0.4, 0.5) is 0 Å². The summed E-state index contributed by atoms with van der Waals surface area (Å²) in [6, 6.07) is 10.2. The Morgan fingerprint density at radius 2 is 1.89 bits per heavy atom. The Labute approximate surface area is 113 Å². The summed E-state index contributed by atoms with van der Waals surface area (Å²) in [6.07, 6.45) is 0. The molecule has 4 heteroatoms. The molecule has 0 saturated heterocycles. The van der Waals surface area contributed by atoms with Gasteiger partial charge in [-0.05, 0) is 32.9 Å². The second kappa shape index (κ2) is 6.81. The van der Waals surface area contributed by atoms with E-state index in [4.69, 9.17) is 5.11 Å². The number of rotatable bonds is 6. The maximum atomic E-state index is 10.8. The maximum Gasteiger partial charge on any atom is 0.317 e. The Bertz CT molecular complexity index is 373. The molecule has 0 aliphatic heterocycles. The third kappa shape index (κ3) is 5.56. The first-order valence-electron chi connectivity index (χ1n) is 6.04. The topological polar surface area (TPSA) is 40.5 Å². The predicted octanol–water partition coefficient (Wildman–Crippen LogP) is 2.96. The Morgan fingerprint density at radius 1 is 1.28 bits per heavy atom. The average molecular weight is 267 g/mol. The summed E-state index contributed by atoms with van der Waals surface area (Å²) in [7, 11) is 0. The van der Waals surface area contributed by atoms with Crippen molar-refractivity contribution in [3.63, 3.8) is 0 Å². The monoisotopic (exact) mass is 267 g/mol. The summed E-state index contributed by atoms with van der Waals surface area (Å²) in [6.45, 7) is 7.00. The highest BCUT2D eigenvalue weighted by Crippen LogP contribution is 2.19. The third-order valence-electron chi connectivity index (χ3n) is 2.65. The highest BCUT2D eigenvalue weighted by molar-refractivity contribution is 7.99. The van der Waals surface area contributed by atoms with Crippen LogP contribution in [0.15, 0.2) is 35.2 Å². The molecule has 0 spiro atoms. The van der Waals surface area contributed by atoms with Gasteiger partial charge >= 0.3 is 5.97 Å². The zero-order chi connectivity index (χ0) is 13.6. The predicted molar refractivity (Wildman–Crippen MR) is 76.1 cm³/mol. The van der Waals surface area contributed by atoms with E-state index in [1.165, 1.54) is 4.90 Å². The highest BCUT2D eigenvalue weighted by atomic mass is 32.2. The molecule has 0 bridgehead atoms. The van der Waals surface area contributed by atoms with Gasteiger partial charge in [-0.2, -0.15) is 0 Å². The van der Waals surface area contributed by atoms with E-state index in [2.05, 4.69) is 12.1 Å². The van der Waals surface area contributed by atoms with Crippen molar-refractivity contribution >= 4 is 17.7 Å². The molecule has 18 heavy (non-hydrogen) atoms. The van der Waals surface area contributed by atoms with Gasteiger partial charge in [0.05, 0.1) is 6.54 Å². The van der Waals surface area contributed by atoms with Gasteiger partial charge in [-0.15, -0.1) is 11.8 Å². The summed E-state index contributed by atoms with van der Waals surface area (Å²) >= 11 is 1.76. The molecule has 0 aromatic heterocycles. The molecule has 1 rings (SSSR count). The molecule has 1 aromatic rings. The molecule has 0 radical (unpaired) electrons. The molecular formula is C14H21NO2S. The minimum absolute atomic E-state index is 0.0961. The van der Waals surface area contributed by atoms with Crippen LogP contribution in [0.2, 0.25) is 0 Å². The molecule has 3 nitrogen and oxygen atoms in total. The van der Waals surface area contributed by atoms with E-state index in [0.29, 0.717) is 0 Å². The third-order valence-corrected chi connectivity index (χ3v) is 3.64. The molecule has 0 heterocycles. The van der Waals surface area contributed by atoms with E-state index < -0.39 is 5.97 Å². The summed E-state index contributed by atoms with van der Waals surface area (Å²) < 4.78 is 0. The largest absolute Gasteiger partial charge is 0.480 e. The second-order valence-electron chi connectivity index (χ2n) is 5.15. The van der Waals surface area contributed by atoms with Crippen LogP contribution in [0, 0.1) is 0 Å². The van der Waals surface area contributed by atoms with Crippen LogP contribution in [-0.4, -0.2) is 40.4 Å². The first kappa shape index (κ1) is 15.1. The molecule has 0 atom stereocenters. The van der Waals surface area contributed by atoms with Gasteiger partial charge in [0.25, 0.3) is 0 Å². The molecule has 0 fully saturated rings. The number of hydrogen-bond donors (Lipinski definition) is 1. The van der Waals surface area contributed by atoms with E-state index in [0.717, 1.165) is 12.3 Å². The fourth-order valence-electron chi connectivity index (χ4n) is 1.61. The van der Waals surface area contributed by atoms with Gasteiger partial charge in [0, 0.05) is 22.7 Å². The Balaban J connectivity index is 2.45. The van der Waals surface area contributed by atoms with Gasteiger partial charge in [-0.25, -0.2) is 0 Å². The minimum atomic E-state index is -0.769. The standard InChI is InChI=1S/C14H21NO2S/c1-14(2,3)15(11-13(16)17)9-10-18-12-7-5-4-6-8-12/h4-8H,9-11H2,1-3H3,(H,16,17). The van der Waals surface area contributed by atoms with Crippen LogP contribution < -0.4 is 0 Å². The molecule has 1 aromatic carbocycles. The lowest BCUT2D eigenvalue weighted by molar-refractivity contribution is -0.139. The van der Waals surface area contributed by atoms with Crippen molar-refractivity contribution in [3.05, 3.63) is 30.3 Å². The quantitative estimate of drug-likeness (QED) is 0.805. The average Bonchev–Trinajstić information content (AvgIpc) is 2.27. The number of carboxylic acid groups (broad SMARTS) is 1. The van der Waals surface area contributed by atoms with Gasteiger partial charge in [0.15, 0.2) is 0 Å². The van der Waals surface area contributed by atoms with Crippen molar-refractivity contribution in [2.24, 2.45) is 0 Å². The van der Waals surface area contributed by atoms with Crippen molar-refractivity contribution in [2.45, 2.75) is 31.2 Å². The molecule has 0 amide bonds. The summed E-state index contributed by atoms with van der Waals surface area (Å²) in [5.74, 6) is 0.129.